The van der Waals surface area contributed by atoms with E-state index in [9.17, 15) is 18.4 Å². The number of esters is 1. The number of benzene rings is 2. The normalized spacial score (nSPS) is 14.0. The lowest BCUT2D eigenvalue weighted by Gasteiger charge is -2.24. The first kappa shape index (κ1) is 21.5. The summed E-state index contributed by atoms with van der Waals surface area (Å²) in [7, 11) is 0. The monoisotopic (exact) mass is 419 g/mol. The van der Waals surface area contributed by atoms with Crippen LogP contribution in [0.3, 0.4) is 0 Å². The first-order chi connectivity index (χ1) is 14.3. The Bertz CT molecular complexity index is 932. The second-order valence-corrected chi connectivity index (χ2v) is 7.25. The number of hydrogen-bond acceptors (Lipinski definition) is 5. The summed E-state index contributed by atoms with van der Waals surface area (Å²) in [5.41, 5.74) is 0.381. The van der Waals surface area contributed by atoms with Gasteiger partial charge in [-0.3, -0.25) is 4.79 Å². The standard InChI is InChI=1S/C22H23F2NO5/c1-13(2)21(14-4-7-18-19(10-14)29-9-3-8-28-18)25-20(26)12-30-22(27)16-6-5-15(23)11-17(16)24/h4-7,10-11,13,21H,3,8-9,12H2,1-2H3,(H,25,26)/t21-/m1/s1. The van der Waals surface area contributed by atoms with Crippen molar-refractivity contribution in [2.45, 2.75) is 26.3 Å². The molecule has 1 atom stereocenters. The Kier molecular flexibility index (Phi) is 6.87. The minimum Gasteiger partial charge on any atom is -0.490 e. The van der Waals surface area contributed by atoms with Crippen molar-refractivity contribution in [3.05, 3.63) is 59.2 Å². The predicted octanol–water partition coefficient (Wildman–Crippen LogP) is 3.80. The van der Waals surface area contributed by atoms with Gasteiger partial charge >= 0.3 is 5.97 Å². The maximum atomic E-state index is 13.7. The number of rotatable bonds is 6. The third-order valence-corrected chi connectivity index (χ3v) is 4.60. The molecule has 6 nitrogen and oxygen atoms in total. The van der Waals surface area contributed by atoms with Crippen LogP contribution in [0, 0.1) is 17.6 Å². The molecular weight excluding hydrogens is 396 g/mol. The molecule has 1 aliphatic rings. The Morgan fingerprint density at radius 2 is 1.80 bits per heavy atom. The van der Waals surface area contributed by atoms with E-state index in [0.29, 0.717) is 30.8 Å². The fourth-order valence-corrected chi connectivity index (χ4v) is 3.09. The van der Waals surface area contributed by atoms with Gasteiger partial charge in [0.25, 0.3) is 5.91 Å². The van der Waals surface area contributed by atoms with Gasteiger partial charge in [0, 0.05) is 12.5 Å². The van der Waals surface area contributed by atoms with Gasteiger partial charge in [-0.25, -0.2) is 13.6 Å². The number of halogens is 2. The van der Waals surface area contributed by atoms with Crippen LogP contribution < -0.4 is 14.8 Å². The van der Waals surface area contributed by atoms with Gasteiger partial charge in [-0.1, -0.05) is 19.9 Å². The van der Waals surface area contributed by atoms with E-state index in [1.807, 2.05) is 26.0 Å². The predicted molar refractivity (Wildman–Crippen MR) is 104 cm³/mol. The van der Waals surface area contributed by atoms with E-state index >= 15 is 0 Å². The van der Waals surface area contributed by atoms with Crippen LogP contribution in [0.25, 0.3) is 0 Å². The highest BCUT2D eigenvalue weighted by Gasteiger charge is 2.22. The van der Waals surface area contributed by atoms with Crippen LogP contribution in [-0.4, -0.2) is 31.7 Å². The largest absolute Gasteiger partial charge is 0.490 e. The molecule has 8 heteroatoms. The second-order valence-electron chi connectivity index (χ2n) is 7.25. The van der Waals surface area contributed by atoms with Crippen molar-refractivity contribution in [2.24, 2.45) is 5.92 Å². The molecule has 160 valence electrons. The highest BCUT2D eigenvalue weighted by atomic mass is 19.1. The fraction of sp³-hybridized carbons (Fsp3) is 0.364. The second kappa shape index (κ2) is 9.56. The summed E-state index contributed by atoms with van der Waals surface area (Å²) in [6.07, 6.45) is 0.786. The van der Waals surface area contributed by atoms with Gasteiger partial charge in [0.1, 0.15) is 11.6 Å². The summed E-state index contributed by atoms with van der Waals surface area (Å²) in [6.45, 7) is 4.41. The number of amides is 1. The zero-order valence-corrected chi connectivity index (χ0v) is 16.7. The molecule has 1 N–H and O–H groups in total. The number of carbonyl (C=O) groups excluding carboxylic acids is 2. The smallest absolute Gasteiger partial charge is 0.341 e. The molecule has 2 aromatic carbocycles. The molecule has 0 radical (unpaired) electrons. The van der Waals surface area contributed by atoms with Crippen molar-refractivity contribution in [3.8, 4) is 11.5 Å². The van der Waals surface area contributed by atoms with Gasteiger partial charge in [-0.15, -0.1) is 0 Å². The van der Waals surface area contributed by atoms with Crippen molar-refractivity contribution >= 4 is 11.9 Å². The Hall–Kier alpha value is -3.16. The maximum Gasteiger partial charge on any atom is 0.341 e. The van der Waals surface area contributed by atoms with E-state index in [0.717, 1.165) is 24.1 Å². The quantitative estimate of drug-likeness (QED) is 0.721. The molecule has 1 amide bonds. The molecule has 0 unspecified atom stereocenters. The van der Waals surface area contributed by atoms with Crippen LogP contribution in [0.4, 0.5) is 8.78 Å². The van der Waals surface area contributed by atoms with E-state index in [-0.39, 0.29) is 12.0 Å². The van der Waals surface area contributed by atoms with Crippen molar-refractivity contribution in [3.63, 3.8) is 0 Å². The molecule has 0 aromatic heterocycles. The zero-order valence-electron chi connectivity index (χ0n) is 16.7. The van der Waals surface area contributed by atoms with E-state index in [1.54, 1.807) is 6.07 Å². The molecule has 1 aliphatic heterocycles. The molecule has 3 rings (SSSR count). The Labute approximate surface area is 173 Å². The third kappa shape index (κ3) is 5.25. The maximum absolute atomic E-state index is 13.7. The van der Waals surface area contributed by atoms with Crippen LogP contribution in [0.1, 0.15) is 42.2 Å². The minimum atomic E-state index is -1.05. The topological polar surface area (TPSA) is 73.9 Å². The highest BCUT2D eigenvalue weighted by Crippen LogP contribution is 2.34. The van der Waals surface area contributed by atoms with Crippen LogP contribution in [-0.2, 0) is 9.53 Å². The van der Waals surface area contributed by atoms with Crippen molar-refractivity contribution in [1.82, 2.24) is 5.32 Å². The Morgan fingerprint density at radius 3 is 2.50 bits per heavy atom. The zero-order chi connectivity index (χ0) is 21.7. The first-order valence-corrected chi connectivity index (χ1v) is 9.66. The summed E-state index contributed by atoms with van der Waals surface area (Å²) in [5, 5.41) is 2.82. The molecule has 30 heavy (non-hydrogen) atoms. The molecule has 0 bridgehead atoms. The lowest BCUT2D eigenvalue weighted by molar-refractivity contribution is -0.125. The van der Waals surface area contributed by atoms with Crippen molar-refractivity contribution in [1.29, 1.82) is 0 Å². The SMILES string of the molecule is CC(C)[C@@H](NC(=O)COC(=O)c1ccc(F)cc1F)c1ccc2c(c1)OCCCO2. The summed E-state index contributed by atoms with van der Waals surface area (Å²) in [5.74, 6) is -2.15. The lowest BCUT2D eigenvalue weighted by Crippen LogP contribution is -2.35. The molecule has 2 aromatic rings. The van der Waals surface area contributed by atoms with Gasteiger partial charge in [0.2, 0.25) is 0 Å². The van der Waals surface area contributed by atoms with E-state index in [2.05, 4.69) is 5.32 Å². The molecule has 0 aliphatic carbocycles. The number of nitrogens with one attached hydrogen (secondary N) is 1. The molecule has 1 heterocycles. The summed E-state index contributed by atoms with van der Waals surface area (Å²) >= 11 is 0. The van der Waals surface area contributed by atoms with Crippen molar-refractivity contribution < 1.29 is 32.6 Å². The van der Waals surface area contributed by atoms with Gasteiger partial charge in [-0.2, -0.15) is 0 Å². The number of carbonyl (C=O) groups is 2. The molecule has 0 saturated heterocycles. The number of hydrogen-bond donors (Lipinski definition) is 1. The molecule has 0 saturated carbocycles. The fourth-order valence-electron chi connectivity index (χ4n) is 3.09. The summed E-state index contributed by atoms with van der Waals surface area (Å²) in [4.78, 5) is 24.3. The van der Waals surface area contributed by atoms with Gasteiger partial charge in [0.15, 0.2) is 18.1 Å². The first-order valence-electron chi connectivity index (χ1n) is 9.66. The third-order valence-electron chi connectivity index (χ3n) is 4.60. The lowest BCUT2D eigenvalue weighted by atomic mass is 9.95. The molecule has 0 spiro atoms. The number of fused-ring (bicyclic) bond motifs is 1. The van der Waals surface area contributed by atoms with Crippen LogP contribution in [0.15, 0.2) is 36.4 Å². The average molecular weight is 419 g/mol. The van der Waals surface area contributed by atoms with Crippen molar-refractivity contribution in [2.75, 3.05) is 19.8 Å². The summed E-state index contributed by atoms with van der Waals surface area (Å²) in [6, 6.07) is 7.60. The molecule has 0 fully saturated rings. The van der Waals surface area contributed by atoms with Crippen LogP contribution >= 0.6 is 0 Å². The van der Waals surface area contributed by atoms with Gasteiger partial charge in [0.05, 0.1) is 24.8 Å². The molecular formula is C22H23F2NO5. The number of ether oxygens (including phenoxy) is 3. The van der Waals surface area contributed by atoms with Gasteiger partial charge in [-0.05, 0) is 35.7 Å². The van der Waals surface area contributed by atoms with Gasteiger partial charge < -0.3 is 19.5 Å². The van der Waals surface area contributed by atoms with Crippen LogP contribution in [0.2, 0.25) is 0 Å². The van der Waals surface area contributed by atoms with E-state index in [1.165, 1.54) is 0 Å². The van der Waals surface area contributed by atoms with E-state index < -0.39 is 35.7 Å². The Morgan fingerprint density at radius 1 is 1.07 bits per heavy atom. The Balaban J connectivity index is 1.64. The van der Waals surface area contributed by atoms with Crippen LogP contribution in [0.5, 0.6) is 11.5 Å². The average Bonchev–Trinajstić information content (AvgIpc) is 2.94. The minimum absolute atomic E-state index is 0.0314. The van der Waals surface area contributed by atoms with E-state index in [4.69, 9.17) is 14.2 Å². The summed E-state index contributed by atoms with van der Waals surface area (Å²) < 4.78 is 42.8. The highest BCUT2D eigenvalue weighted by molar-refractivity contribution is 5.91.